The topological polar surface area (TPSA) is 95.5 Å². The summed E-state index contributed by atoms with van der Waals surface area (Å²) in [5.74, 6) is 1.71. The van der Waals surface area contributed by atoms with Gasteiger partial charge in [-0.25, -0.2) is 0 Å². The Balaban J connectivity index is 1.31. The minimum absolute atomic E-state index is 0.0540. The van der Waals surface area contributed by atoms with E-state index in [2.05, 4.69) is 0 Å². The van der Waals surface area contributed by atoms with Crippen LogP contribution < -0.4 is 19.6 Å². The summed E-state index contributed by atoms with van der Waals surface area (Å²) in [6, 6.07) is 10.8. The third-order valence-electron chi connectivity index (χ3n) is 5.48. The van der Waals surface area contributed by atoms with E-state index >= 15 is 0 Å². The lowest BCUT2D eigenvalue weighted by Crippen LogP contribution is -2.11. The third kappa shape index (κ3) is 4.43. The molecular formula is C24H22O8. The van der Waals surface area contributed by atoms with E-state index < -0.39 is 0 Å². The quantitative estimate of drug-likeness (QED) is 0.446. The SMILES string of the molecule is O=c1c(-c2ccc(OCC3CO3)cc2)coc2cc(OCC3CO3)cc(OCC3CO3)c12. The van der Waals surface area contributed by atoms with Crippen LogP contribution in [-0.2, 0) is 14.2 Å². The molecule has 166 valence electrons. The zero-order valence-electron chi connectivity index (χ0n) is 17.3. The molecule has 0 saturated carbocycles. The van der Waals surface area contributed by atoms with Crippen LogP contribution in [0.5, 0.6) is 17.2 Å². The van der Waals surface area contributed by atoms with Gasteiger partial charge in [-0.15, -0.1) is 0 Å². The van der Waals surface area contributed by atoms with Crippen LogP contribution in [-0.4, -0.2) is 58.0 Å². The van der Waals surface area contributed by atoms with Gasteiger partial charge in [0, 0.05) is 12.1 Å². The summed E-state index contributed by atoms with van der Waals surface area (Å²) < 4.78 is 38.8. The van der Waals surface area contributed by atoms with E-state index in [0.717, 1.165) is 17.9 Å². The fraction of sp³-hybridized carbons (Fsp3) is 0.375. The Kier molecular flexibility index (Phi) is 4.98. The second kappa shape index (κ2) is 8.12. The van der Waals surface area contributed by atoms with E-state index in [0.29, 0.717) is 61.1 Å². The molecule has 3 fully saturated rings. The molecule has 4 heterocycles. The van der Waals surface area contributed by atoms with Crippen molar-refractivity contribution < 1.29 is 32.8 Å². The number of rotatable bonds is 10. The van der Waals surface area contributed by atoms with Crippen molar-refractivity contribution in [1.29, 1.82) is 0 Å². The molecule has 6 rings (SSSR count). The molecule has 8 nitrogen and oxygen atoms in total. The first-order valence-corrected chi connectivity index (χ1v) is 10.7. The van der Waals surface area contributed by atoms with Gasteiger partial charge in [0.25, 0.3) is 0 Å². The number of hydrogen-bond acceptors (Lipinski definition) is 8. The van der Waals surface area contributed by atoms with Crippen LogP contribution >= 0.6 is 0 Å². The molecule has 3 atom stereocenters. The Morgan fingerprint density at radius 1 is 0.781 bits per heavy atom. The van der Waals surface area contributed by atoms with Gasteiger partial charge < -0.3 is 32.8 Å². The summed E-state index contributed by atoms with van der Waals surface area (Å²) in [4.78, 5) is 13.4. The fourth-order valence-corrected chi connectivity index (χ4v) is 3.37. The first-order valence-electron chi connectivity index (χ1n) is 10.7. The van der Waals surface area contributed by atoms with Crippen molar-refractivity contribution in [2.24, 2.45) is 0 Å². The van der Waals surface area contributed by atoms with Crippen LogP contribution in [0.3, 0.4) is 0 Å². The highest BCUT2D eigenvalue weighted by molar-refractivity contribution is 5.88. The molecular weight excluding hydrogens is 416 g/mol. The van der Waals surface area contributed by atoms with Gasteiger partial charge in [-0.3, -0.25) is 4.79 Å². The minimum atomic E-state index is -0.171. The Hall–Kier alpha value is -3.07. The molecule has 0 bridgehead atoms. The van der Waals surface area contributed by atoms with Crippen molar-refractivity contribution in [1.82, 2.24) is 0 Å². The minimum Gasteiger partial charge on any atom is -0.491 e. The van der Waals surface area contributed by atoms with Gasteiger partial charge in [0.05, 0.1) is 25.4 Å². The van der Waals surface area contributed by atoms with Crippen molar-refractivity contribution in [2.75, 3.05) is 39.6 Å². The molecule has 0 radical (unpaired) electrons. The standard InChI is InChI=1S/C24H22O8/c25-24-20(14-1-3-15(4-2-14)26-7-17-9-28-17)13-32-22-6-16(27-8-18-10-29-18)5-21(23(22)24)31-12-19-11-30-19/h1-6,13,17-19H,7-12H2. The van der Waals surface area contributed by atoms with Crippen LogP contribution in [0.15, 0.2) is 51.9 Å². The lowest BCUT2D eigenvalue weighted by atomic mass is 10.0. The molecule has 0 amide bonds. The highest BCUT2D eigenvalue weighted by Gasteiger charge is 2.26. The average Bonchev–Trinajstić information content (AvgIpc) is 3.67. The second-order valence-corrected chi connectivity index (χ2v) is 8.10. The molecule has 3 aromatic rings. The summed E-state index contributed by atoms with van der Waals surface area (Å²) in [6.07, 6.45) is 1.83. The van der Waals surface area contributed by atoms with E-state index in [1.54, 1.807) is 12.1 Å². The molecule has 32 heavy (non-hydrogen) atoms. The van der Waals surface area contributed by atoms with Crippen molar-refractivity contribution in [3.05, 3.63) is 52.9 Å². The maximum atomic E-state index is 13.4. The van der Waals surface area contributed by atoms with Gasteiger partial charge in [0.2, 0.25) is 5.43 Å². The number of hydrogen-bond donors (Lipinski definition) is 0. The molecule has 0 N–H and O–H groups in total. The van der Waals surface area contributed by atoms with Crippen molar-refractivity contribution >= 4 is 11.0 Å². The number of epoxide rings is 3. The lowest BCUT2D eigenvalue weighted by Gasteiger charge is -2.12. The molecule has 8 heteroatoms. The molecule has 3 aliphatic heterocycles. The number of benzene rings is 2. The molecule has 0 spiro atoms. The second-order valence-electron chi connectivity index (χ2n) is 8.10. The van der Waals surface area contributed by atoms with Crippen LogP contribution in [0.25, 0.3) is 22.1 Å². The normalized spacial score (nSPS) is 23.1. The van der Waals surface area contributed by atoms with Crippen molar-refractivity contribution in [3.8, 4) is 28.4 Å². The first kappa shape index (κ1) is 19.6. The van der Waals surface area contributed by atoms with Gasteiger partial charge in [-0.05, 0) is 17.7 Å². The Morgan fingerprint density at radius 2 is 1.38 bits per heavy atom. The Labute approximate surface area is 183 Å². The zero-order chi connectivity index (χ0) is 21.5. The largest absolute Gasteiger partial charge is 0.491 e. The van der Waals surface area contributed by atoms with E-state index in [9.17, 15) is 4.79 Å². The maximum Gasteiger partial charge on any atom is 0.204 e. The smallest absolute Gasteiger partial charge is 0.204 e. The molecule has 3 saturated heterocycles. The Morgan fingerprint density at radius 3 is 2.00 bits per heavy atom. The molecule has 1 aromatic heterocycles. The summed E-state index contributed by atoms with van der Waals surface area (Å²) in [6.45, 7) is 3.45. The van der Waals surface area contributed by atoms with Gasteiger partial charge in [0.15, 0.2) is 0 Å². The van der Waals surface area contributed by atoms with Gasteiger partial charge in [-0.2, -0.15) is 0 Å². The van der Waals surface area contributed by atoms with E-state index in [4.69, 9.17) is 32.8 Å². The van der Waals surface area contributed by atoms with Crippen LogP contribution in [0, 0.1) is 0 Å². The first-order chi connectivity index (χ1) is 15.7. The van der Waals surface area contributed by atoms with Crippen LogP contribution in [0.4, 0.5) is 0 Å². The molecule has 3 aliphatic rings. The monoisotopic (exact) mass is 438 g/mol. The highest BCUT2D eigenvalue weighted by Crippen LogP contribution is 2.33. The van der Waals surface area contributed by atoms with Gasteiger partial charge >= 0.3 is 0 Å². The number of ether oxygens (including phenoxy) is 6. The van der Waals surface area contributed by atoms with Gasteiger partial charge in [0.1, 0.15) is 72.6 Å². The van der Waals surface area contributed by atoms with Crippen LogP contribution in [0.2, 0.25) is 0 Å². The Bertz CT molecular complexity index is 1170. The summed E-state index contributed by atoms with van der Waals surface area (Å²) in [5.41, 5.74) is 1.42. The van der Waals surface area contributed by atoms with Gasteiger partial charge in [-0.1, -0.05) is 12.1 Å². The lowest BCUT2D eigenvalue weighted by molar-refractivity contribution is 0.253. The average molecular weight is 438 g/mol. The predicted molar refractivity (Wildman–Crippen MR) is 114 cm³/mol. The summed E-state index contributed by atoms with van der Waals surface area (Å²) >= 11 is 0. The summed E-state index contributed by atoms with van der Waals surface area (Å²) in [5, 5.41) is 0.379. The van der Waals surface area contributed by atoms with Crippen molar-refractivity contribution in [2.45, 2.75) is 18.3 Å². The van der Waals surface area contributed by atoms with E-state index in [1.807, 2.05) is 24.3 Å². The third-order valence-corrected chi connectivity index (χ3v) is 5.48. The molecule has 2 aromatic carbocycles. The van der Waals surface area contributed by atoms with E-state index in [1.165, 1.54) is 6.26 Å². The maximum absolute atomic E-state index is 13.4. The highest BCUT2D eigenvalue weighted by atomic mass is 16.6. The van der Waals surface area contributed by atoms with E-state index in [-0.39, 0.29) is 23.7 Å². The van der Waals surface area contributed by atoms with Crippen molar-refractivity contribution in [3.63, 3.8) is 0 Å². The fourth-order valence-electron chi connectivity index (χ4n) is 3.37. The molecule has 3 unspecified atom stereocenters. The van der Waals surface area contributed by atoms with Crippen LogP contribution in [0.1, 0.15) is 0 Å². The summed E-state index contributed by atoms with van der Waals surface area (Å²) in [7, 11) is 0. The molecule has 0 aliphatic carbocycles. The predicted octanol–water partition coefficient (Wildman–Crippen LogP) is 2.79. The zero-order valence-corrected chi connectivity index (χ0v) is 17.3. The number of fused-ring (bicyclic) bond motifs is 1.